The number of alkyl halides is 1. The van der Waals surface area contributed by atoms with Crippen molar-refractivity contribution in [2.75, 3.05) is 0 Å². The van der Waals surface area contributed by atoms with Crippen LogP contribution in [0.2, 0.25) is 10.0 Å². The number of benzene rings is 1. The summed E-state index contributed by atoms with van der Waals surface area (Å²) >= 11 is 18.1. The van der Waals surface area contributed by atoms with E-state index in [1.165, 1.54) is 19.3 Å². The zero-order chi connectivity index (χ0) is 13.8. The van der Waals surface area contributed by atoms with E-state index in [-0.39, 0.29) is 6.10 Å². The van der Waals surface area contributed by atoms with Crippen molar-refractivity contribution in [3.05, 3.63) is 27.7 Å². The monoisotopic (exact) mass is 320 g/mol. The van der Waals surface area contributed by atoms with Crippen molar-refractivity contribution in [2.45, 2.75) is 51.0 Å². The molecule has 1 nitrogen and oxygen atoms in total. The summed E-state index contributed by atoms with van der Waals surface area (Å²) in [6.45, 7) is 2.26. The molecule has 0 spiro atoms. The second kappa shape index (κ2) is 7.06. The number of halogens is 3. The van der Waals surface area contributed by atoms with E-state index in [4.69, 9.17) is 39.5 Å². The van der Waals surface area contributed by atoms with Crippen LogP contribution in [0, 0.1) is 5.92 Å². The average Bonchev–Trinajstić information content (AvgIpc) is 2.42. The van der Waals surface area contributed by atoms with Crippen molar-refractivity contribution in [3.63, 3.8) is 0 Å². The van der Waals surface area contributed by atoms with Crippen molar-refractivity contribution in [1.29, 1.82) is 0 Å². The fraction of sp³-hybridized carbons (Fsp3) is 0.600. The molecule has 4 heteroatoms. The zero-order valence-corrected chi connectivity index (χ0v) is 13.4. The fourth-order valence-corrected chi connectivity index (χ4v) is 3.45. The van der Waals surface area contributed by atoms with Gasteiger partial charge in [-0.3, -0.25) is 0 Å². The molecular weight excluding hydrogens is 303 g/mol. The molecule has 0 unspecified atom stereocenters. The SMILES string of the molecule is CCC1CCC(Oc2c(Cl)cc(Cl)cc2CCl)CC1. The third kappa shape index (κ3) is 3.93. The lowest BCUT2D eigenvalue weighted by atomic mass is 9.86. The van der Waals surface area contributed by atoms with Gasteiger partial charge >= 0.3 is 0 Å². The first-order valence-electron chi connectivity index (χ1n) is 6.84. The molecule has 1 saturated carbocycles. The van der Waals surface area contributed by atoms with Gasteiger partial charge in [0.25, 0.3) is 0 Å². The Morgan fingerprint density at radius 3 is 2.42 bits per heavy atom. The van der Waals surface area contributed by atoms with Crippen LogP contribution in [0.1, 0.15) is 44.6 Å². The maximum atomic E-state index is 6.22. The minimum absolute atomic E-state index is 0.253. The van der Waals surface area contributed by atoms with Gasteiger partial charge in [0.2, 0.25) is 0 Å². The summed E-state index contributed by atoms with van der Waals surface area (Å²) in [6.07, 6.45) is 6.19. The third-order valence-electron chi connectivity index (χ3n) is 3.88. The molecule has 0 aliphatic heterocycles. The Hall–Kier alpha value is -0.110. The molecule has 0 saturated heterocycles. The lowest BCUT2D eigenvalue weighted by Crippen LogP contribution is -2.24. The summed E-state index contributed by atoms with van der Waals surface area (Å²) in [5, 5.41) is 1.16. The molecule has 0 bridgehead atoms. The molecule has 1 fully saturated rings. The molecule has 0 N–H and O–H groups in total. The highest BCUT2D eigenvalue weighted by Crippen LogP contribution is 2.37. The van der Waals surface area contributed by atoms with Crippen LogP contribution < -0.4 is 4.74 Å². The van der Waals surface area contributed by atoms with Gasteiger partial charge < -0.3 is 4.74 Å². The first-order chi connectivity index (χ1) is 9.13. The summed E-state index contributed by atoms with van der Waals surface area (Å²) in [4.78, 5) is 0. The van der Waals surface area contributed by atoms with Gasteiger partial charge in [0.15, 0.2) is 0 Å². The Bertz CT molecular complexity index is 426. The maximum absolute atomic E-state index is 6.22. The minimum Gasteiger partial charge on any atom is -0.489 e. The smallest absolute Gasteiger partial charge is 0.142 e. The van der Waals surface area contributed by atoms with Crippen LogP contribution in [0.15, 0.2) is 12.1 Å². The Kier molecular flexibility index (Phi) is 5.68. The van der Waals surface area contributed by atoms with Gasteiger partial charge in [-0.1, -0.05) is 36.5 Å². The molecular formula is C15H19Cl3O. The molecule has 1 aromatic rings. The molecule has 106 valence electrons. The van der Waals surface area contributed by atoms with Gasteiger partial charge in [-0.15, -0.1) is 11.6 Å². The summed E-state index contributed by atoms with van der Waals surface area (Å²) in [5.74, 6) is 1.92. The molecule has 0 radical (unpaired) electrons. The van der Waals surface area contributed by atoms with E-state index in [0.29, 0.717) is 21.7 Å². The normalized spacial score (nSPS) is 23.4. The zero-order valence-electron chi connectivity index (χ0n) is 11.1. The summed E-state index contributed by atoms with van der Waals surface area (Å²) in [7, 11) is 0. The first-order valence-corrected chi connectivity index (χ1v) is 8.13. The van der Waals surface area contributed by atoms with Crippen LogP contribution in [0.5, 0.6) is 5.75 Å². The van der Waals surface area contributed by atoms with Crippen molar-refractivity contribution in [3.8, 4) is 5.75 Å². The van der Waals surface area contributed by atoms with Crippen molar-refractivity contribution in [2.24, 2.45) is 5.92 Å². The van der Waals surface area contributed by atoms with Gasteiger partial charge in [0.05, 0.1) is 17.0 Å². The van der Waals surface area contributed by atoms with Crippen molar-refractivity contribution < 1.29 is 4.74 Å². The van der Waals surface area contributed by atoms with Crippen LogP contribution in [0.4, 0.5) is 0 Å². The van der Waals surface area contributed by atoms with Gasteiger partial charge in [-0.2, -0.15) is 0 Å². The lowest BCUT2D eigenvalue weighted by Gasteiger charge is -2.29. The molecule has 1 aliphatic rings. The average molecular weight is 322 g/mol. The van der Waals surface area contributed by atoms with E-state index in [1.54, 1.807) is 6.07 Å². The number of hydrogen-bond acceptors (Lipinski definition) is 1. The van der Waals surface area contributed by atoms with Crippen LogP contribution >= 0.6 is 34.8 Å². The molecule has 1 aliphatic carbocycles. The summed E-state index contributed by atoms with van der Waals surface area (Å²) < 4.78 is 6.08. The van der Waals surface area contributed by atoms with E-state index >= 15 is 0 Å². The lowest BCUT2D eigenvalue weighted by molar-refractivity contribution is 0.129. The highest BCUT2D eigenvalue weighted by atomic mass is 35.5. The molecule has 0 atom stereocenters. The molecule has 0 amide bonds. The Labute approximate surface area is 130 Å². The summed E-state index contributed by atoms with van der Waals surface area (Å²) in [5.41, 5.74) is 0.872. The second-order valence-electron chi connectivity index (χ2n) is 5.18. The number of rotatable bonds is 4. The van der Waals surface area contributed by atoms with E-state index in [2.05, 4.69) is 6.92 Å². The largest absolute Gasteiger partial charge is 0.489 e. The van der Waals surface area contributed by atoms with E-state index in [0.717, 1.165) is 24.3 Å². The Balaban J connectivity index is 2.07. The van der Waals surface area contributed by atoms with Crippen LogP contribution in [-0.4, -0.2) is 6.10 Å². The highest BCUT2D eigenvalue weighted by molar-refractivity contribution is 6.36. The molecule has 19 heavy (non-hydrogen) atoms. The van der Waals surface area contributed by atoms with Crippen molar-refractivity contribution >= 4 is 34.8 Å². The predicted octanol–water partition coefficient (Wildman–Crippen LogP) is 6.08. The van der Waals surface area contributed by atoms with Gasteiger partial charge in [0, 0.05) is 10.6 Å². The van der Waals surface area contributed by atoms with Crippen LogP contribution in [0.25, 0.3) is 0 Å². The standard InChI is InChI=1S/C15H19Cl3O/c1-2-10-3-5-13(6-4-10)19-15-11(9-16)7-12(17)8-14(15)18/h7-8,10,13H,2-6,9H2,1H3. The maximum Gasteiger partial charge on any atom is 0.142 e. The third-order valence-corrected chi connectivity index (χ3v) is 4.67. The topological polar surface area (TPSA) is 9.23 Å². The second-order valence-corrected chi connectivity index (χ2v) is 6.29. The molecule has 0 heterocycles. The molecule has 2 rings (SSSR count). The Morgan fingerprint density at radius 1 is 1.16 bits per heavy atom. The minimum atomic E-state index is 0.253. The summed E-state index contributed by atoms with van der Waals surface area (Å²) in [6, 6.07) is 3.54. The quantitative estimate of drug-likeness (QED) is 0.611. The number of ether oxygens (including phenoxy) is 1. The molecule has 0 aromatic heterocycles. The predicted molar refractivity (Wildman–Crippen MR) is 82.7 cm³/mol. The fourth-order valence-electron chi connectivity index (χ4n) is 2.67. The van der Waals surface area contributed by atoms with E-state index in [9.17, 15) is 0 Å². The van der Waals surface area contributed by atoms with Crippen LogP contribution in [-0.2, 0) is 5.88 Å². The van der Waals surface area contributed by atoms with Crippen molar-refractivity contribution in [1.82, 2.24) is 0 Å². The highest BCUT2D eigenvalue weighted by Gasteiger charge is 2.23. The molecule has 1 aromatic carbocycles. The van der Waals surface area contributed by atoms with Gasteiger partial charge in [-0.25, -0.2) is 0 Å². The van der Waals surface area contributed by atoms with E-state index in [1.807, 2.05) is 6.07 Å². The van der Waals surface area contributed by atoms with Gasteiger partial charge in [-0.05, 0) is 43.7 Å². The Morgan fingerprint density at radius 2 is 1.84 bits per heavy atom. The number of hydrogen-bond donors (Lipinski definition) is 0. The first kappa shape index (κ1) is 15.3. The van der Waals surface area contributed by atoms with Gasteiger partial charge in [0.1, 0.15) is 5.75 Å². The van der Waals surface area contributed by atoms with Crippen LogP contribution in [0.3, 0.4) is 0 Å². The van der Waals surface area contributed by atoms with E-state index < -0.39 is 0 Å².